The molecule has 0 radical (unpaired) electrons. The van der Waals surface area contributed by atoms with E-state index in [1.165, 1.54) is 0 Å². The Morgan fingerprint density at radius 1 is 1.50 bits per heavy atom. The van der Waals surface area contributed by atoms with E-state index < -0.39 is 0 Å². The molecule has 2 atom stereocenters. The van der Waals surface area contributed by atoms with Crippen LogP contribution in [-0.2, 0) is 0 Å². The van der Waals surface area contributed by atoms with Crippen LogP contribution in [0.2, 0.25) is 0 Å². The molecule has 2 unspecified atom stereocenters. The zero-order valence-electron chi connectivity index (χ0n) is 12.0. The number of carbonyl (C=O) groups excluding carboxylic acids is 1. The maximum absolute atomic E-state index is 12.2. The third-order valence-electron chi connectivity index (χ3n) is 3.37. The number of nitrogens with one attached hydrogen (secondary N) is 2. The molecule has 20 heavy (non-hydrogen) atoms. The van der Waals surface area contributed by atoms with E-state index in [4.69, 9.17) is 4.74 Å². The maximum atomic E-state index is 12.2. The summed E-state index contributed by atoms with van der Waals surface area (Å²) in [5, 5.41) is 6.48. The van der Waals surface area contributed by atoms with E-state index >= 15 is 0 Å². The highest BCUT2D eigenvalue weighted by atomic mass is 35.5. The van der Waals surface area contributed by atoms with Gasteiger partial charge in [-0.2, -0.15) is 0 Å². The molecule has 1 aromatic rings. The lowest BCUT2D eigenvalue weighted by Gasteiger charge is -2.28. The number of benzene rings is 1. The standard InChI is InChI=1S/C15H22N2O2.ClH/c1-3-19-14-6-4-5-12(10-14)15(18)17-13-7-8-16-11(2)9-13;/h4-6,10-11,13,16H,3,7-9H2,1-2H3,(H,17,18);1H. The van der Waals surface area contributed by atoms with Crippen LogP contribution >= 0.6 is 12.4 Å². The number of ether oxygens (including phenoxy) is 1. The molecule has 2 N–H and O–H groups in total. The first-order valence-electron chi connectivity index (χ1n) is 6.96. The normalized spacial score (nSPS) is 21.7. The van der Waals surface area contributed by atoms with Crippen molar-refractivity contribution in [2.75, 3.05) is 13.2 Å². The zero-order chi connectivity index (χ0) is 13.7. The Labute approximate surface area is 126 Å². The van der Waals surface area contributed by atoms with Gasteiger partial charge >= 0.3 is 0 Å². The van der Waals surface area contributed by atoms with Crippen molar-refractivity contribution in [3.05, 3.63) is 29.8 Å². The van der Waals surface area contributed by atoms with Gasteiger partial charge in [-0.25, -0.2) is 0 Å². The first-order valence-corrected chi connectivity index (χ1v) is 6.96. The predicted octanol–water partition coefficient (Wildman–Crippen LogP) is 2.38. The van der Waals surface area contributed by atoms with Gasteiger partial charge in [0.1, 0.15) is 5.75 Å². The van der Waals surface area contributed by atoms with Crippen LogP contribution in [0.4, 0.5) is 0 Å². The number of amides is 1. The van der Waals surface area contributed by atoms with Crippen LogP contribution in [0.15, 0.2) is 24.3 Å². The van der Waals surface area contributed by atoms with E-state index in [1.807, 2.05) is 25.1 Å². The minimum Gasteiger partial charge on any atom is -0.494 e. The summed E-state index contributed by atoms with van der Waals surface area (Å²) in [6, 6.07) is 8.07. The van der Waals surface area contributed by atoms with Crippen LogP contribution in [0.3, 0.4) is 0 Å². The number of piperidine rings is 1. The molecule has 112 valence electrons. The number of halogens is 1. The zero-order valence-corrected chi connectivity index (χ0v) is 12.8. The quantitative estimate of drug-likeness (QED) is 0.897. The minimum atomic E-state index is -0.0133. The van der Waals surface area contributed by atoms with E-state index in [2.05, 4.69) is 17.6 Å². The second-order valence-electron chi connectivity index (χ2n) is 5.01. The fraction of sp³-hybridized carbons (Fsp3) is 0.533. The van der Waals surface area contributed by atoms with Crippen LogP contribution < -0.4 is 15.4 Å². The maximum Gasteiger partial charge on any atom is 0.251 e. The molecule has 0 aliphatic carbocycles. The van der Waals surface area contributed by atoms with Gasteiger partial charge < -0.3 is 15.4 Å². The van der Waals surface area contributed by atoms with Crippen molar-refractivity contribution in [2.45, 2.75) is 38.8 Å². The van der Waals surface area contributed by atoms with Crippen molar-refractivity contribution in [1.29, 1.82) is 0 Å². The summed E-state index contributed by atoms with van der Waals surface area (Å²) in [7, 11) is 0. The van der Waals surface area contributed by atoms with Gasteiger partial charge in [0.25, 0.3) is 5.91 Å². The second-order valence-corrected chi connectivity index (χ2v) is 5.01. The molecular weight excluding hydrogens is 276 g/mol. The number of rotatable bonds is 4. The summed E-state index contributed by atoms with van der Waals surface area (Å²) >= 11 is 0. The van der Waals surface area contributed by atoms with E-state index in [0.29, 0.717) is 18.2 Å². The van der Waals surface area contributed by atoms with Crippen molar-refractivity contribution < 1.29 is 9.53 Å². The van der Waals surface area contributed by atoms with Crippen LogP contribution in [0.25, 0.3) is 0 Å². The summed E-state index contributed by atoms with van der Waals surface area (Å²) < 4.78 is 5.41. The van der Waals surface area contributed by atoms with Gasteiger partial charge in [0.15, 0.2) is 0 Å². The highest BCUT2D eigenvalue weighted by molar-refractivity contribution is 5.94. The predicted molar refractivity (Wildman–Crippen MR) is 82.8 cm³/mol. The lowest BCUT2D eigenvalue weighted by Crippen LogP contribution is -2.46. The Hall–Kier alpha value is -1.26. The van der Waals surface area contributed by atoms with Gasteiger partial charge in [-0.15, -0.1) is 12.4 Å². The average molecular weight is 299 g/mol. The molecule has 2 rings (SSSR count). The highest BCUT2D eigenvalue weighted by Crippen LogP contribution is 2.14. The van der Waals surface area contributed by atoms with E-state index in [0.717, 1.165) is 25.1 Å². The lowest BCUT2D eigenvalue weighted by atomic mass is 10.0. The second kappa shape index (κ2) is 8.12. The molecule has 1 heterocycles. The Balaban J connectivity index is 0.00000200. The van der Waals surface area contributed by atoms with Crippen molar-refractivity contribution in [3.8, 4) is 5.75 Å². The van der Waals surface area contributed by atoms with Crippen LogP contribution in [-0.4, -0.2) is 31.1 Å². The van der Waals surface area contributed by atoms with E-state index in [1.54, 1.807) is 6.07 Å². The average Bonchev–Trinajstić information content (AvgIpc) is 2.39. The van der Waals surface area contributed by atoms with Gasteiger partial charge in [0, 0.05) is 17.6 Å². The van der Waals surface area contributed by atoms with Crippen molar-refractivity contribution in [2.24, 2.45) is 0 Å². The monoisotopic (exact) mass is 298 g/mol. The minimum absolute atomic E-state index is 0. The van der Waals surface area contributed by atoms with Gasteiger partial charge in [-0.1, -0.05) is 6.07 Å². The van der Waals surface area contributed by atoms with Gasteiger partial charge in [0.05, 0.1) is 6.61 Å². The molecule has 0 bridgehead atoms. The summed E-state index contributed by atoms with van der Waals surface area (Å²) in [4.78, 5) is 12.2. The number of hydrogen-bond acceptors (Lipinski definition) is 3. The van der Waals surface area contributed by atoms with Crippen molar-refractivity contribution >= 4 is 18.3 Å². The fourth-order valence-electron chi connectivity index (χ4n) is 2.43. The summed E-state index contributed by atoms with van der Waals surface area (Å²) in [6.45, 7) is 5.65. The van der Waals surface area contributed by atoms with Gasteiger partial charge in [-0.3, -0.25) is 4.79 Å². The molecule has 0 saturated carbocycles. The fourth-order valence-corrected chi connectivity index (χ4v) is 2.43. The smallest absolute Gasteiger partial charge is 0.251 e. The van der Waals surface area contributed by atoms with Crippen molar-refractivity contribution in [1.82, 2.24) is 10.6 Å². The molecule has 1 aliphatic heterocycles. The Bertz CT molecular complexity index is 440. The highest BCUT2D eigenvalue weighted by Gasteiger charge is 2.20. The Morgan fingerprint density at radius 2 is 2.30 bits per heavy atom. The lowest BCUT2D eigenvalue weighted by molar-refractivity contribution is 0.0925. The first kappa shape index (κ1) is 16.8. The Morgan fingerprint density at radius 3 is 3.00 bits per heavy atom. The third-order valence-corrected chi connectivity index (χ3v) is 3.37. The first-order chi connectivity index (χ1) is 9.19. The SMILES string of the molecule is CCOc1cccc(C(=O)NC2CCNC(C)C2)c1.Cl. The molecule has 1 aromatic carbocycles. The molecule has 4 nitrogen and oxygen atoms in total. The molecule has 1 amide bonds. The van der Waals surface area contributed by atoms with Crippen LogP contribution in [0.1, 0.15) is 37.0 Å². The molecule has 1 saturated heterocycles. The molecule has 5 heteroatoms. The molecule has 1 fully saturated rings. The summed E-state index contributed by atoms with van der Waals surface area (Å²) in [5.74, 6) is 0.731. The topological polar surface area (TPSA) is 50.4 Å². The number of carbonyl (C=O) groups is 1. The van der Waals surface area contributed by atoms with E-state index in [9.17, 15) is 4.79 Å². The largest absolute Gasteiger partial charge is 0.494 e. The summed E-state index contributed by atoms with van der Waals surface area (Å²) in [5.41, 5.74) is 0.664. The molecule has 1 aliphatic rings. The van der Waals surface area contributed by atoms with Crippen molar-refractivity contribution in [3.63, 3.8) is 0 Å². The summed E-state index contributed by atoms with van der Waals surface area (Å²) in [6.07, 6.45) is 1.97. The number of hydrogen-bond donors (Lipinski definition) is 2. The Kier molecular flexibility index (Phi) is 6.82. The molecule has 0 spiro atoms. The van der Waals surface area contributed by atoms with Gasteiger partial charge in [-0.05, 0) is 51.4 Å². The van der Waals surface area contributed by atoms with Gasteiger partial charge in [0.2, 0.25) is 0 Å². The van der Waals surface area contributed by atoms with Crippen LogP contribution in [0.5, 0.6) is 5.75 Å². The molecular formula is C15H23ClN2O2. The molecule has 0 aromatic heterocycles. The third kappa shape index (κ3) is 4.69. The van der Waals surface area contributed by atoms with E-state index in [-0.39, 0.29) is 24.4 Å². The van der Waals surface area contributed by atoms with Crippen LogP contribution in [0, 0.1) is 0 Å².